The van der Waals surface area contributed by atoms with Crippen LogP contribution in [0, 0.1) is 0 Å². The highest BCUT2D eigenvalue weighted by molar-refractivity contribution is 9.11. The van der Waals surface area contributed by atoms with Crippen molar-refractivity contribution in [2.45, 2.75) is 25.8 Å². The van der Waals surface area contributed by atoms with E-state index in [9.17, 15) is 0 Å². The molecule has 0 spiro atoms. The Morgan fingerprint density at radius 1 is 1.71 bits per heavy atom. The molecule has 1 nitrogen and oxygen atoms in total. The van der Waals surface area contributed by atoms with E-state index in [0.717, 1.165) is 13.0 Å². The second-order valence-electron chi connectivity index (χ2n) is 3.22. The van der Waals surface area contributed by atoms with E-state index in [-0.39, 0.29) is 0 Å². The van der Waals surface area contributed by atoms with Crippen LogP contribution < -0.4 is 5.32 Å². The van der Waals surface area contributed by atoms with Crippen molar-refractivity contribution < 1.29 is 0 Å². The van der Waals surface area contributed by atoms with E-state index >= 15 is 0 Å². The smallest absolute Gasteiger partial charge is 0.0701 e. The van der Waals surface area contributed by atoms with Crippen LogP contribution in [0.2, 0.25) is 0 Å². The molecule has 3 heteroatoms. The lowest BCUT2D eigenvalue weighted by Crippen LogP contribution is -2.21. The molecule has 1 heterocycles. The number of hydrogen-bond acceptors (Lipinski definition) is 2. The van der Waals surface area contributed by atoms with Crippen molar-refractivity contribution in [3.05, 3.63) is 33.5 Å². The van der Waals surface area contributed by atoms with Gasteiger partial charge in [-0.25, -0.2) is 0 Å². The summed E-state index contributed by atoms with van der Waals surface area (Å²) in [5, 5.41) is 5.71. The molecule has 0 saturated carbocycles. The maximum absolute atomic E-state index is 3.79. The van der Waals surface area contributed by atoms with Crippen molar-refractivity contribution >= 4 is 27.3 Å². The van der Waals surface area contributed by atoms with E-state index < -0.39 is 0 Å². The minimum atomic E-state index is 0.426. The summed E-state index contributed by atoms with van der Waals surface area (Å²) in [6.07, 6.45) is 4.13. The molecule has 14 heavy (non-hydrogen) atoms. The van der Waals surface area contributed by atoms with Crippen LogP contribution in [0.4, 0.5) is 0 Å². The van der Waals surface area contributed by atoms with Crippen LogP contribution in [-0.2, 0) is 0 Å². The van der Waals surface area contributed by atoms with Crippen LogP contribution in [-0.4, -0.2) is 6.54 Å². The predicted molar refractivity (Wildman–Crippen MR) is 67.9 cm³/mol. The summed E-state index contributed by atoms with van der Waals surface area (Å²) in [5.74, 6) is 0. The van der Waals surface area contributed by atoms with E-state index in [0.29, 0.717) is 6.04 Å². The van der Waals surface area contributed by atoms with Crippen LogP contribution in [0.15, 0.2) is 27.9 Å². The highest BCUT2D eigenvalue weighted by Crippen LogP contribution is 2.27. The summed E-state index contributed by atoms with van der Waals surface area (Å²) in [5.41, 5.74) is 1.36. The van der Waals surface area contributed by atoms with Crippen molar-refractivity contribution in [2.24, 2.45) is 0 Å². The Balaban J connectivity index is 2.61. The number of thiophene rings is 1. The topological polar surface area (TPSA) is 12.0 Å². The van der Waals surface area contributed by atoms with E-state index in [2.05, 4.69) is 46.2 Å². The summed E-state index contributed by atoms with van der Waals surface area (Å²) in [4.78, 5) is 0. The maximum atomic E-state index is 3.79. The van der Waals surface area contributed by atoms with Gasteiger partial charge in [0.1, 0.15) is 0 Å². The maximum Gasteiger partial charge on any atom is 0.0701 e. The number of nitrogens with one attached hydrogen (secondary N) is 1. The van der Waals surface area contributed by atoms with Crippen LogP contribution in [0.25, 0.3) is 0 Å². The monoisotopic (exact) mass is 273 g/mol. The molecule has 1 aromatic rings. The SMILES string of the molecule is C=CCC(NCCC)c1csc(Br)c1. The molecule has 0 aliphatic carbocycles. The van der Waals surface area contributed by atoms with Gasteiger partial charge >= 0.3 is 0 Å². The molecule has 0 radical (unpaired) electrons. The lowest BCUT2D eigenvalue weighted by atomic mass is 10.1. The van der Waals surface area contributed by atoms with Crippen molar-refractivity contribution in [1.82, 2.24) is 5.32 Å². The largest absolute Gasteiger partial charge is 0.310 e. The first-order valence-electron chi connectivity index (χ1n) is 4.86. The highest BCUT2D eigenvalue weighted by atomic mass is 79.9. The zero-order valence-corrected chi connectivity index (χ0v) is 10.8. The number of hydrogen-bond donors (Lipinski definition) is 1. The zero-order valence-electron chi connectivity index (χ0n) is 8.42. The summed E-state index contributed by atoms with van der Waals surface area (Å²) in [7, 11) is 0. The Morgan fingerprint density at radius 2 is 2.50 bits per heavy atom. The molecule has 0 amide bonds. The van der Waals surface area contributed by atoms with Gasteiger partial charge in [0.2, 0.25) is 0 Å². The van der Waals surface area contributed by atoms with Gasteiger partial charge in [-0.05, 0) is 52.3 Å². The Morgan fingerprint density at radius 3 is 3.00 bits per heavy atom. The fourth-order valence-electron chi connectivity index (χ4n) is 1.33. The molecule has 1 N–H and O–H groups in total. The molecule has 0 bridgehead atoms. The van der Waals surface area contributed by atoms with Gasteiger partial charge in [0.05, 0.1) is 3.79 Å². The number of halogens is 1. The second kappa shape index (κ2) is 6.38. The third kappa shape index (κ3) is 3.56. The average molecular weight is 274 g/mol. The van der Waals surface area contributed by atoms with Gasteiger partial charge in [-0.1, -0.05) is 13.0 Å². The first kappa shape index (κ1) is 12.0. The van der Waals surface area contributed by atoms with Crippen LogP contribution >= 0.6 is 27.3 Å². The van der Waals surface area contributed by atoms with Crippen LogP contribution in [0.3, 0.4) is 0 Å². The van der Waals surface area contributed by atoms with Crippen molar-refractivity contribution in [3.63, 3.8) is 0 Å². The molecule has 1 unspecified atom stereocenters. The first-order chi connectivity index (χ1) is 6.77. The third-order valence-corrected chi connectivity index (χ3v) is 3.56. The molecule has 1 atom stereocenters. The Bertz CT molecular complexity index is 283. The fourth-order valence-corrected chi connectivity index (χ4v) is 2.56. The fraction of sp³-hybridized carbons (Fsp3) is 0.455. The highest BCUT2D eigenvalue weighted by Gasteiger charge is 2.09. The van der Waals surface area contributed by atoms with Gasteiger partial charge < -0.3 is 5.32 Å². The van der Waals surface area contributed by atoms with Gasteiger partial charge in [-0.2, -0.15) is 0 Å². The van der Waals surface area contributed by atoms with Gasteiger partial charge in [0.25, 0.3) is 0 Å². The third-order valence-electron chi connectivity index (χ3n) is 2.03. The normalized spacial score (nSPS) is 12.7. The molecule has 0 aromatic carbocycles. The first-order valence-corrected chi connectivity index (χ1v) is 6.53. The molecular weight excluding hydrogens is 258 g/mol. The molecule has 1 aromatic heterocycles. The molecule has 1 rings (SSSR count). The van der Waals surface area contributed by atoms with E-state index in [1.807, 2.05) is 6.08 Å². The molecule has 0 aliphatic rings. The molecule has 78 valence electrons. The second-order valence-corrected chi connectivity index (χ2v) is 5.51. The van der Waals surface area contributed by atoms with Crippen molar-refractivity contribution in [3.8, 4) is 0 Å². The van der Waals surface area contributed by atoms with Crippen molar-refractivity contribution in [1.29, 1.82) is 0 Å². The predicted octanol–water partition coefficient (Wildman–Crippen LogP) is 4.13. The van der Waals surface area contributed by atoms with E-state index in [1.54, 1.807) is 11.3 Å². The van der Waals surface area contributed by atoms with E-state index in [4.69, 9.17) is 0 Å². The van der Waals surface area contributed by atoms with Gasteiger partial charge in [-0.15, -0.1) is 17.9 Å². The Labute approximate surface area is 98.4 Å². The minimum Gasteiger partial charge on any atom is -0.310 e. The standard InChI is InChI=1S/C11H16BrNS/c1-3-5-10(13-6-4-2)9-7-11(12)14-8-9/h3,7-8,10,13H,1,4-6H2,2H3. The average Bonchev–Trinajstić information content (AvgIpc) is 2.59. The van der Waals surface area contributed by atoms with E-state index in [1.165, 1.54) is 15.8 Å². The van der Waals surface area contributed by atoms with Gasteiger partial charge in [-0.3, -0.25) is 0 Å². The Kier molecular flexibility index (Phi) is 5.45. The molecule has 0 fully saturated rings. The molecular formula is C11H16BrNS. The summed E-state index contributed by atoms with van der Waals surface area (Å²) in [6, 6.07) is 2.61. The van der Waals surface area contributed by atoms with Crippen LogP contribution in [0.5, 0.6) is 0 Å². The summed E-state index contributed by atoms with van der Waals surface area (Å²) in [6.45, 7) is 7.04. The van der Waals surface area contributed by atoms with Gasteiger partial charge in [0.15, 0.2) is 0 Å². The Hall–Kier alpha value is -0.120. The molecule has 0 aliphatic heterocycles. The number of rotatable bonds is 6. The zero-order chi connectivity index (χ0) is 10.4. The molecule has 0 saturated heterocycles. The van der Waals surface area contributed by atoms with Crippen LogP contribution in [0.1, 0.15) is 31.4 Å². The summed E-state index contributed by atoms with van der Waals surface area (Å²) >= 11 is 5.22. The lowest BCUT2D eigenvalue weighted by Gasteiger charge is -2.15. The van der Waals surface area contributed by atoms with Crippen molar-refractivity contribution in [2.75, 3.05) is 6.54 Å². The minimum absolute atomic E-state index is 0.426. The summed E-state index contributed by atoms with van der Waals surface area (Å²) < 4.78 is 1.19. The quantitative estimate of drug-likeness (QED) is 0.769. The van der Waals surface area contributed by atoms with Gasteiger partial charge in [0, 0.05) is 6.04 Å². The lowest BCUT2D eigenvalue weighted by molar-refractivity contribution is 0.538.